The summed E-state index contributed by atoms with van der Waals surface area (Å²) in [5.41, 5.74) is 0.751. The first kappa shape index (κ1) is 13.4. The van der Waals surface area contributed by atoms with Crippen molar-refractivity contribution in [3.8, 4) is 0 Å². The van der Waals surface area contributed by atoms with Gasteiger partial charge in [-0.05, 0) is 42.6 Å². The number of hydrogen-bond acceptors (Lipinski definition) is 4. The standard InChI is InChI=1S/C14H12FNO2S/c1-2-18-14(17)13(12-4-3-9-19-12)16-11-7-5-10(15)6-8-11/h3-9H,2H2,1H3. The van der Waals surface area contributed by atoms with Crippen LogP contribution in [0.3, 0.4) is 0 Å². The van der Waals surface area contributed by atoms with Crippen LogP contribution in [-0.2, 0) is 9.53 Å². The third kappa shape index (κ3) is 3.48. The Morgan fingerprint density at radius 1 is 1.32 bits per heavy atom. The molecule has 1 heterocycles. The van der Waals surface area contributed by atoms with Gasteiger partial charge in [-0.1, -0.05) is 6.07 Å². The van der Waals surface area contributed by atoms with Crippen molar-refractivity contribution >= 4 is 28.7 Å². The second-order valence-electron chi connectivity index (χ2n) is 3.63. The van der Waals surface area contributed by atoms with E-state index in [2.05, 4.69) is 4.99 Å². The summed E-state index contributed by atoms with van der Waals surface area (Å²) in [6, 6.07) is 9.26. The van der Waals surface area contributed by atoms with Crippen molar-refractivity contribution in [1.82, 2.24) is 0 Å². The zero-order chi connectivity index (χ0) is 13.7. The highest BCUT2D eigenvalue weighted by molar-refractivity contribution is 7.13. The van der Waals surface area contributed by atoms with E-state index in [0.717, 1.165) is 4.88 Å². The van der Waals surface area contributed by atoms with E-state index in [1.54, 1.807) is 13.0 Å². The second-order valence-corrected chi connectivity index (χ2v) is 4.58. The molecule has 0 saturated heterocycles. The minimum Gasteiger partial charge on any atom is -0.461 e. The molecule has 1 aromatic heterocycles. The molecule has 0 N–H and O–H groups in total. The van der Waals surface area contributed by atoms with E-state index in [4.69, 9.17) is 4.74 Å². The van der Waals surface area contributed by atoms with Gasteiger partial charge in [0.2, 0.25) is 0 Å². The fraction of sp³-hybridized carbons (Fsp3) is 0.143. The number of aliphatic imine (C=N–C) groups is 1. The van der Waals surface area contributed by atoms with Crippen molar-refractivity contribution in [3.63, 3.8) is 0 Å². The van der Waals surface area contributed by atoms with Gasteiger partial charge in [0.05, 0.1) is 17.2 Å². The zero-order valence-electron chi connectivity index (χ0n) is 10.3. The molecule has 5 heteroatoms. The first-order valence-electron chi connectivity index (χ1n) is 5.76. The third-order valence-corrected chi connectivity index (χ3v) is 3.17. The quantitative estimate of drug-likeness (QED) is 0.633. The molecule has 0 radical (unpaired) electrons. The van der Waals surface area contributed by atoms with Gasteiger partial charge in [0, 0.05) is 0 Å². The fourth-order valence-electron chi connectivity index (χ4n) is 1.46. The molecule has 0 amide bonds. The van der Waals surface area contributed by atoms with E-state index < -0.39 is 5.97 Å². The SMILES string of the molecule is CCOC(=O)C(=Nc1ccc(F)cc1)c1cccs1. The molecule has 1 aromatic carbocycles. The van der Waals surface area contributed by atoms with Crippen molar-refractivity contribution in [1.29, 1.82) is 0 Å². The van der Waals surface area contributed by atoms with Crippen molar-refractivity contribution in [2.24, 2.45) is 4.99 Å². The van der Waals surface area contributed by atoms with Gasteiger partial charge in [-0.25, -0.2) is 14.2 Å². The summed E-state index contributed by atoms with van der Waals surface area (Å²) < 4.78 is 17.8. The van der Waals surface area contributed by atoms with E-state index in [0.29, 0.717) is 5.69 Å². The molecular weight excluding hydrogens is 265 g/mol. The van der Waals surface area contributed by atoms with Gasteiger partial charge in [0.1, 0.15) is 5.82 Å². The maximum Gasteiger partial charge on any atom is 0.358 e. The fourth-order valence-corrected chi connectivity index (χ4v) is 2.16. The molecule has 0 saturated carbocycles. The molecule has 2 rings (SSSR count). The summed E-state index contributed by atoms with van der Waals surface area (Å²) in [6.45, 7) is 2.02. The highest BCUT2D eigenvalue weighted by atomic mass is 32.1. The van der Waals surface area contributed by atoms with Gasteiger partial charge in [0.25, 0.3) is 0 Å². The van der Waals surface area contributed by atoms with E-state index in [-0.39, 0.29) is 18.1 Å². The largest absolute Gasteiger partial charge is 0.461 e. The minimum absolute atomic E-state index is 0.239. The lowest BCUT2D eigenvalue weighted by Crippen LogP contribution is -2.17. The van der Waals surface area contributed by atoms with E-state index >= 15 is 0 Å². The second kappa shape index (κ2) is 6.24. The van der Waals surface area contributed by atoms with E-state index in [9.17, 15) is 9.18 Å². The molecule has 3 nitrogen and oxygen atoms in total. The molecule has 0 aliphatic rings. The number of hydrogen-bond donors (Lipinski definition) is 0. The van der Waals surface area contributed by atoms with Crippen LogP contribution in [0.4, 0.5) is 10.1 Å². The van der Waals surface area contributed by atoms with Gasteiger partial charge < -0.3 is 4.74 Å². The molecule has 0 fully saturated rings. The van der Waals surface area contributed by atoms with Crippen LogP contribution in [0.1, 0.15) is 11.8 Å². The summed E-state index contributed by atoms with van der Waals surface area (Å²) in [6.07, 6.45) is 0. The average molecular weight is 277 g/mol. The number of nitrogens with zero attached hydrogens (tertiary/aromatic N) is 1. The van der Waals surface area contributed by atoms with Crippen molar-refractivity contribution < 1.29 is 13.9 Å². The summed E-state index contributed by atoms with van der Waals surface area (Å²) in [5.74, 6) is -0.818. The van der Waals surface area contributed by atoms with Crippen LogP contribution in [-0.4, -0.2) is 18.3 Å². The van der Waals surface area contributed by atoms with Gasteiger partial charge in [-0.15, -0.1) is 11.3 Å². The Bertz CT molecular complexity index is 576. The number of thiophene rings is 1. The first-order chi connectivity index (χ1) is 9.20. The molecule has 0 atom stereocenters. The highest BCUT2D eigenvalue weighted by Crippen LogP contribution is 2.18. The van der Waals surface area contributed by atoms with E-state index in [1.165, 1.54) is 35.6 Å². The molecular formula is C14H12FNO2S. The van der Waals surface area contributed by atoms with Crippen molar-refractivity contribution in [3.05, 3.63) is 52.5 Å². The van der Waals surface area contributed by atoms with Crippen molar-refractivity contribution in [2.45, 2.75) is 6.92 Å². The molecule has 98 valence electrons. The number of esters is 1. The Labute approximate surface area is 114 Å². The zero-order valence-corrected chi connectivity index (χ0v) is 11.1. The van der Waals surface area contributed by atoms with Crippen LogP contribution < -0.4 is 0 Å². The van der Waals surface area contributed by atoms with Gasteiger partial charge >= 0.3 is 5.97 Å². The molecule has 0 spiro atoms. The summed E-state index contributed by atoms with van der Waals surface area (Å²) in [7, 11) is 0. The Balaban J connectivity index is 2.37. The smallest absolute Gasteiger partial charge is 0.358 e. The number of carbonyl (C=O) groups excluding carboxylic acids is 1. The summed E-state index contributed by atoms with van der Waals surface area (Å²) in [4.78, 5) is 16.9. The number of carbonyl (C=O) groups is 1. The van der Waals surface area contributed by atoms with Crippen LogP contribution in [0.2, 0.25) is 0 Å². The van der Waals surface area contributed by atoms with Gasteiger partial charge in [-0.3, -0.25) is 0 Å². The van der Waals surface area contributed by atoms with Crippen LogP contribution >= 0.6 is 11.3 Å². The molecule has 2 aromatic rings. The Hall–Kier alpha value is -2.01. The Kier molecular flexibility index (Phi) is 4.41. The lowest BCUT2D eigenvalue weighted by Gasteiger charge is -2.04. The Morgan fingerprint density at radius 3 is 2.63 bits per heavy atom. The number of ether oxygens (including phenoxy) is 1. The predicted octanol–water partition coefficient (Wildman–Crippen LogP) is 3.57. The number of halogens is 1. The van der Waals surface area contributed by atoms with Crippen LogP contribution in [0.25, 0.3) is 0 Å². The normalized spacial score (nSPS) is 11.4. The highest BCUT2D eigenvalue weighted by Gasteiger charge is 2.16. The van der Waals surface area contributed by atoms with Crippen LogP contribution in [0.15, 0.2) is 46.8 Å². The van der Waals surface area contributed by atoms with Gasteiger partial charge in [-0.2, -0.15) is 0 Å². The van der Waals surface area contributed by atoms with Crippen molar-refractivity contribution in [2.75, 3.05) is 6.61 Å². The van der Waals surface area contributed by atoms with E-state index in [1.807, 2.05) is 11.4 Å². The summed E-state index contributed by atoms with van der Waals surface area (Å²) >= 11 is 1.40. The minimum atomic E-state index is -0.478. The maximum absolute atomic E-state index is 12.8. The molecule has 19 heavy (non-hydrogen) atoms. The molecule has 0 unspecified atom stereocenters. The predicted molar refractivity (Wildman–Crippen MR) is 73.5 cm³/mol. The molecule has 0 bridgehead atoms. The van der Waals surface area contributed by atoms with Crippen LogP contribution in [0.5, 0.6) is 0 Å². The lowest BCUT2D eigenvalue weighted by atomic mass is 10.2. The van der Waals surface area contributed by atoms with Crippen LogP contribution in [0, 0.1) is 5.82 Å². The van der Waals surface area contributed by atoms with Gasteiger partial charge in [0.15, 0.2) is 5.71 Å². The molecule has 0 aliphatic heterocycles. The lowest BCUT2D eigenvalue weighted by molar-refractivity contribution is -0.134. The first-order valence-corrected chi connectivity index (χ1v) is 6.64. The number of benzene rings is 1. The Morgan fingerprint density at radius 2 is 2.05 bits per heavy atom. The summed E-state index contributed by atoms with van der Waals surface area (Å²) in [5, 5.41) is 1.86. The topological polar surface area (TPSA) is 38.7 Å². The molecule has 0 aliphatic carbocycles. The number of rotatable bonds is 4. The maximum atomic E-state index is 12.8. The third-order valence-electron chi connectivity index (χ3n) is 2.29. The average Bonchev–Trinajstić information content (AvgIpc) is 2.92. The monoisotopic (exact) mass is 277 g/mol.